The van der Waals surface area contributed by atoms with Crippen molar-refractivity contribution in [1.82, 2.24) is 4.31 Å². The Bertz CT molecular complexity index is 900. The normalized spacial score (nSPS) is 28.7. The van der Waals surface area contributed by atoms with Gasteiger partial charge in [0.15, 0.2) is 0 Å². The van der Waals surface area contributed by atoms with Gasteiger partial charge in [0.25, 0.3) is 0 Å². The molecule has 0 radical (unpaired) electrons. The van der Waals surface area contributed by atoms with Crippen LogP contribution in [-0.2, 0) is 10.0 Å². The predicted octanol–water partition coefficient (Wildman–Crippen LogP) is 4.42. The predicted molar refractivity (Wildman–Crippen MR) is 103 cm³/mol. The van der Waals surface area contributed by atoms with E-state index in [1.165, 1.54) is 4.88 Å². The molecule has 5 heteroatoms. The molecule has 132 valence electrons. The van der Waals surface area contributed by atoms with Gasteiger partial charge < -0.3 is 0 Å². The summed E-state index contributed by atoms with van der Waals surface area (Å²) in [7, 11) is -3.43. The van der Waals surface area contributed by atoms with Crippen LogP contribution in [0.5, 0.6) is 0 Å². The maximum Gasteiger partial charge on any atom is 0.243 e. The number of hydrogen-bond donors (Lipinski definition) is 0. The van der Waals surface area contributed by atoms with Crippen molar-refractivity contribution < 1.29 is 8.42 Å². The average molecular weight is 374 g/mol. The number of hydrogen-bond acceptors (Lipinski definition) is 3. The molecule has 0 spiro atoms. The molecule has 2 heterocycles. The van der Waals surface area contributed by atoms with Crippen LogP contribution in [-0.4, -0.2) is 25.8 Å². The summed E-state index contributed by atoms with van der Waals surface area (Å²) in [5.74, 6) is 0.943. The molecule has 2 fully saturated rings. The number of aryl methyl sites for hydroxylation is 1. The molecule has 25 heavy (non-hydrogen) atoms. The van der Waals surface area contributed by atoms with Gasteiger partial charge in [-0.3, -0.25) is 0 Å². The lowest BCUT2D eigenvalue weighted by atomic mass is 9.92. The number of fused-ring (bicyclic) bond motifs is 1. The molecular formula is C20H23NO2S2. The van der Waals surface area contributed by atoms with Gasteiger partial charge in [0.05, 0.1) is 4.90 Å². The molecule has 1 saturated carbocycles. The zero-order chi connectivity index (χ0) is 17.8. The monoisotopic (exact) mass is 373 g/mol. The lowest BCUT2D eigenvalue weighted by Gasteiger charge is -2.24. The van der Waals surface area contributed by atoms with Gasteiger partial charge in [0.1, 0.15) is 0 Å². The maximum absolute atomic E-state index is 13.1. The first-order valence-electron chi connectivity index (χ1n) is 8.71. The van der Waals surface area contributed by atoms with E-state index in [4.69, 9.17) is 0 Å². The fourth-order valence-corrected chi connectivity index (χ4v) is 6.93. The number of piperidine rings is 1. The zero-order valence-corrected chi connectivity index (χ0v) is 16.2. The van der Waals surface area contributed by atoms with Crippen molar-refractivity contribution in [3.63, 3.8) is 0 Å². The van der Waals surface area contributed by atoms with Gasteiger partial charge in [0.2, 0.25) is 10.0 Å². The molecule has 2 aromatic rings. The van der Waals surface area contributed by atoms with Crippen LogP contribution in [0.15, 0.2) is 53.3 Å². The maximum atomic E-state index is 13.1. The third-order valence-corrected chi connectivity index (χ3v) is 8.77. The van der Waals surface area contributed by atoms with Gasteiger partial charge in [-0.1, -0.05) is 43.7 Å². The summed E-state index contributed by atoms with van der Waals surface area (Å²) in [5.41, 5.74) is 2.12. The highest BCUT2D eigenvalue weighted by Crippen LogP contribution is 2.70. The summed E-state index contributed by atoms with van der Waals surface area (Å²) >= 11 is 1.69. The number of rotatable bonds is 5. The molecule has 1 aliphatic heterocycles. The third-order valence-electron chi connectivity index (χ3n) is 6.02. The molecule has 0 amide bonds. The number of benzene rings is 1. The minimum atomic E-state index is -3.43. The Balaban J connectivity index is 1.64. The van der Waals surface area contributed by atoms with Gasteiger partial charge in [-0.15, -0.1) is 11.3 Å². The van der Waals surface area contributed by atoms with E-state index in [9.17, 15) is 8.42 Å². The molecule has 1 aromatic carbocycles. The second-order valence-corrected chi connectivity index (χ2v) is 10.1. The molecular weight excluding hydrogens is 350 g/mol. The smallest absolute Gasteiger partial charge is 0.207 e. The molecule has 0 bridgehead atoms. The van der Waals surface area contributed by atoms with E-state index in [1.54, 1.807) is 27.8 Å². The standard InChI is InChI=1S/C20H23NO2S2/c1-4-17-18-12-21(25(22,23)16-9-7-14(2)8-10-16)13-20(17,18)15(3)19-6-5-11-24-19/h5-11,17-18H,3-4,12-13H2,1-2H3/t17-,18-,20-/m1/s1. The molecule has 1 saturated heterocycles. The molecule has 3 nitrogen and oxygen atoms in total. The summed E-state index contributed by atoms with van der Waals surface area (Å²) in [5, 5.41) is 2.06. The summed E-state index contributed by atoms with van der Waals surface area (Å²) in [6.45, 7) is 9.71. The molecule has 0 unspecified atom stereocenters. The van der Waals surface area contributed by atoms with E-state index >= 15 is 0 Å². The SMILES string of the molecule is C=C(c1cccs1)[C@@]12CN(S(=O)(=O)c3ccc(C)cc3)C[C@@H]1[C@H]2CC. The van der Waals surface area contributed by atoms with Crippen molar-refractivity contribution >= 4 is 26.9 Å². The van der Waals surface area contributed by atoms with Gasteiger partial charge in [-0.05, 0) is 47.9 Å². The fourth-order valence-electron chi connectivity index (χ4n) is 4.62. The van der Waals surface area contributed by atoms with Crippen LogP contribution in [0.3, 0.4) is 0 Å². The van der Waals surface area contributed by atoms with E-state index in [-0.39, 0.29) is 5.41 Å². The quantitative estimate of drug-likeness (QED) is 0.778. The van der Waals surface area contributed by atoms with Gasteiger partial charge in [0, 0.05) is 23.4 Å². The van der Waals surface area contributed by atoms with Crippen LogP contribution >= 0.6 is 11.3 Å². The van der Waals surface area contributed by atoms with Crippen LogP contribution in [0.1, 0.15) is 23.8 Å². The van der Waals surface area contributed by atoms with E-state index in [2.05, 4.69) is 24.9 Å². The minimum absolute atomic E-state index is 0.0721. The second-order valence-electron chi connectivity index (χ2n) is 7.23. The van der Waals surface area contributed by atoms with Crippen molar-refractivity contribution in [2.24, 2.45) is 17.3 Å². The lowest BCUT2D eigenvalue weighted by Crippen LogP contribution is -2.33. The average Bonchev–Trinajstić information content (AvgIpc) is 3.01. The lowest BCUT2D eigenvalue weighted by molar-refractivity contribution is 0.389. The first-order valence-corrected chi connectivity index (χ1v) is 11.0. The van der Waals surface area contributed by atoms with E-state index in [0.29, 0.717) is 29.8 Å². The highest BCUT2D eigenvalue weighted by molar-refractivity contribution is 7.89. The minimum Gasteiger partial charge on any atom is -0.207 e. The summed E-state index contributed by atoms with van der Waals surface area (Å²) in [6, 6.07) is 11.3. The van der Waals surface area contributed by atoms with Crippen LogP contribution < -0.4 is 0 Å². The summed E-state index contributed by atoms with van der Waals surface area (Å²) in [4.78, 5) is 1.58. The molecule has 3 atom stereocenters. The Morgan fingerprint density at radius 2 is 2.04 bits per heavy atom. The van der Waals surface area contributed by atoms with E-state index in [1.807, 2.05) is 25.1 Å². The number of thiophene rings is 1. The fraction of sp³-hybridized carbons (Fsp3) is 0.400. The van der Waals surface area contributed by atoms with Gasteiger partial charge in [-0.2, -0.15) is 4.31 Å². The molecule has 1 aromatic heterocycles. The van der Waals surface area contributed by atoms with Gasteiger partial charge in [-0.25, -0.2) is 8.42 Å². The van der Waals surface area contributed by atoms with Crippen LogP contribution in [0, 0.1) is 24.2 Å². The summed E-state index contributed by atoms with van der Waals surface area (Å²) in [6.07, 6.45) is 1.08. The largest absolute Gasteiger partial charge is 0.243 e. The van der Waals surface area contributed by atoms with Crippen LogP contribution in [0.25, 0.3) is 5.57 Å². The Morgan fingerprint density at radius 1 is 1.32 bits per heavy atom. The number of sulfonamides is 1. The van der Waals surface area contributed by atoms with Gasteiger partial charge >= 0.3 is 0 Å². The van der Waals surface area contributed by atoms with Crippen molar-refractivity contribution in [1.29, 1.82) is 0 Å². The first-order chi connectivity index (χ1) is 11.9. The highest BCUT2D eigenvalue weighted by atomic mass is 32.2. The zero-order valence-electron chi connectivity index (χ0n) is 14.6. The number of nitrogens with zero attached hydrogens (tertiary/aromatic N) is 1. The topological polar surface area (TPSA) is 37.4 Å². The van der Waals surface area contributed by atoms with Crippen molar-refractivity contribution in [3.8, 4) is 0 Å². The second kappa shape index (κ2) is 5.79. The molecule has 0 N–H and O–H groups in total. The highest BCUT2D eigenvalue weighted by Gasteiger charge is 2.70. The van der Waals surface area contributed by atoms with Crippen molar-refractivity contribution in [2.45, 2.75) is 25.2 Å². The van der Waals surface area contributed by atoms with Crippen molar-refractivity contribution in [3.05, 3.63) is 58.8 Å². The Kier molecular flexibility index (Phi) is 3.94. The Hall–Kier alpha value is -1.43. The van der Waals surface area contributed by atoms with Crippen LogP contribution in [0.4, 0.5) is 0 Å². The first kappa shape index (κ1) is 17.0. The molecule has 4 rings (SSSR count). The van der Waals surface area contributed by atoms with E-state index in [0.717, 1.165) is 17.6 Å². The summed E-state index contributed by atoms with van der Waals surface area (Å²) < 4.78 is 27.8. The Labute approximate surface area is 154 Å². The molecule has 1 aliphatic carbocycles. The van der Waals surface area contributed by atoms with Crippen LogP contribution in [0.2, 0.25) is 0 Å². The third kappa shape index (κ3) is 2.44. The Morgan fingerprint density at radius 3 is 2.64 bits per heavy atom. The van der Waals surface area contributed by atoms with E-state index < -0.39 is 10.0 Å². The van der Waals surface area contributed by atoms with Crippen molar-refractivity contribution in [2.75, 3.05) is 13.1 Å². The molecule has 2 aliphatic rings.